The highest BCUT2D eigenvalue weighted by molar-refractivity contribution is 7.09. The van der Waals surface area contributed by atoms with Crippen molar-refractivity contribution in [2.75, 3.05) is 5.32 Å². The van der Waals surface area contributed by atoms with Crippen molar-refractivity contribution in [3.8, 4) is 0 Å². The molecule has 0 aliphatic carbocycles. The quantitative estimate of drug-likeness (QED) is 0.666. The van der Waals surface area contributed by atoms with E-state index in [1.807, 2.05) is 6.92 Å². The van der Waals surface area contributed by atoms with Crippen LogP contribution in [0.1, 0.15) is 6.92 Å². The molecule has 1 aromatic rings. The Morgan fingerprint density at radius 3 is 3.00 bits per heavy atom. The maximum Gasteiger partial charge on any atom is 0.229 e. The summed E-state index contributed by atoms with van der Waals surface area (Å²) in [6, 6.07) is 0. The Bertz CT molecular complexity index is 192. The largest absolute Gasteiger partial charge is 0.333 e. The maximum absolute atomic E-state index is 3.64. The summed E-state index contributed by atoms with van der Waals surface area (Å²) in [5.74, 6) is 0. The number of allylic oxidation sites excluding steroid dienone is 1. The van der Waals surface area contributed by atoms with Gasteiger partial charge in [0.25, 0.3) is 0 Å². The molecule has 0 amide bonds. The lowest BCUT2D eigenvalue weighted by atomic mass is 10.6. The van der Waals surface area contributed by atoms with Crippen LogP contribution in [0.5, 0.6) is 0 Å². The van der Waals surface area contributed by atoms with E-state index in [4.69, 9.17) is 0 Å². The monoisotopic (exact) mass is 142 g/mol. The van der Waals surface area contributed by atoms with Gasteiger partial charge in [-0.2, -0.15) is 0 Å². The Kier molecular flexibility index (Phi) is 1.74. The SMILES string of the molecule is C=C(C)Nc1nnns1. The lowest BCUT2D eigenvalue weighted by Crippen LogP contribution is -1.91. The van der Waals surface area contributed by atoms with Crippen molar-refractivity contribution in [2.24, 2.45) is 0 Å². The highest BCUT2D eigenvalue weighted by Crippen LogP contribution is 2.06. The fourth-order valence-corrected chi connectivity index (χ4v) is 0.808. The molecular formula is C4H6N4S. The van der Waals surface area contributed by atoms with Crippen LogP contribution in [0.15, 0.2) is 12.3 Å². The highest BCUT2D eigenvalue weighted by Gasteiger charge is 1.93. The summed E-state index contributed by atoms with van der Waals surface area (Å²) in [6.07, 6.45) is 0. The van der Waals surface area contributed by atoms with Crippen molar-refractivity contribution in [3.05, 3.63) is 12.3 Å². The lowest BCUT2D eigenvalue weighted by molar-refractivity contribution is 0.959. The summed E-state index contributed by atoms with van der Waals surface area (Å²) in [5, 5.41) is 10.6. The van der Waals surface area contributed by atoms with Gasteiger partial charge >= 0.3 is 0 Å². The van der Waals surface area contributed by atoms with Gasteiger partial charge in [0, 0.05) is 17.2 Å². The second-order valence-corrected chi connectivity index (χ2v) is 2.31. The van der Waals surface area contributed by atoms with Crippen molar-refractivity contribution < 1.29 is 0 Å². The van der Waals surface area contributed by atoms with Crippen LogP contribution in [-0.2, 0) is 0 Å². The van der Waals surface area contributed by atoms with Crippen molar-refractivity contribution in [2.45, 2.75) is 6.92 Å². The third-order valence-electron chi connectivity index (χ3n) is 0.620. The summed E-state index contributed by atoms with van der Waals surface area (Å²) in [4.78, 5) is 0. The van der Waals surface area contributed by atoms with Crippen LogP contribution >= 0.6 is 11.5 Å². The number of nitrogens with zero attached hydrogens (tertiary/aromatic N) is 3. The van der Waals surface area contributed by atoms with E-state index in [1.165, 1.54) is 11.5 Å². The van der Waals surface area contributed by atoms with Gasteiger partial charge in [-0.15, -0.1) is 0 Å². The molecule has 1 N–H and O–H groups in total. The minimum atomic E-state index is 0.683. The molecule has 4 nitrogen and oxygen atoms in total. The molecule has 0 aliphatic rings. The zero-order chi connectivity index (χ0) is 6.69. The lowest BCUT2D eigenvalue weighted by Gasteiger charge is -1.94. The van der Waals surface area contributed by atoms with E-state index < -0.39 is 0 Å². The van der Waals surface area contributed by atoms with Gasteiger partial charge in [-0.3, -0.25) is 0 Å². The normalized spacial score (nSPS) is 9.00. The molecule has 0 fully saturated rings. The highest BCUT2D eigenvalue weighted by atomic mass is 32.1. The molecule has 0 spiro atoms. The van der Waals surface area contributed by atoms with Crippen LogP contribution in [0.4, 0.5) is 5.13 Å². The molecule has 0 aromatic carbocycles. The molecular weight excluding hydrogens is 136 g/mol. The minimum Gasteiger partial charge on any atom is -0.333 e. The van der Waals surface area contributed by atoms with Crippen LogP contribution in [-0.4, -0.2) is 14.8 Å². The molecule has 5 heteroatoms. The predicted octanol–water partition coefficient (Wildman–Crippen LogP) is 0.879. The number of nitrogens with one attached hydrogen (secondary N) is 1. The molecule has 0 bridgehead atoms. The van der Waals surface area contributed by atoms with E-state index in [0.29, 0.717) is 5.13 Å². The van der Waals surface area contributed by atoms with Gasteiger partial charge in [0.15, 0.2) is 0 Å². The van der Waals surface area contributed by atoms with Crippen molar-refractivity contribution >= 4 is 16.7 Å². The zero-order valence-electron chi connectivity index (χ0n) is 4.96. The topological polar surface area (TPSA) is 50.7 Å². The van der Waals surface area contributed by atoms with E-state index in [2.05, 4.69) is 26.7 Å². The van der Waals surface area contributed by atoms with E-state index in [1.54, 1.807) is 0 Å². The van der Waals surface area contributed by atoms with Gasteiger partial charge in [-0.1, -0.05) is 16.2 Å². The summed E-state index contributed by atoms with van der Waals surface area (Å²) in [7, 11) is 0. The molecule has 1 rings (SSSR count). The summed E-state index contributed by atoms with van der Waals surface area (Å²) in [6.45, 7) is 5.48. The number of anilines is 1. The number of hydrogen-bond acceptors (Lipinski definition) is 5. The van der Waals surface area contributed by atoms with Crippen LogP contribution < -0.4 is 5.32 Å². The van der Waals surface area contributed by atoms with Gasteiger partial charge in [0.2, 0.25) is 5.13 Å². The van der Waals surface area contributed by atoms with Crippen molar-refractivity contribution in [3.63, 3.8) is 0 Å². The first-order chi connectivity index (χ1) is 4.29. The van der Waals surface area contributed by atoms with Crippen LogP contribution in [0.25, 0.3) is 0 Å². The second-order valence-electron chi connectivity index (χ2n) is 1.57. The van der Waals surface area contributed by atoms with Crippen LogP contribution in [0, 0.1) is 0 Å². The molecule has 0 unspecified atom stereocenters. The van der Waals surface area contributed by atoms with E-state index >= 15 is 0 Å². The second kappa shape index (κ2) is 2.54. The van der Waals surface area contributed by atoms with Gasteiger partial charge < -0.3 is 5.32 Å². The number of rotatable bonds is 2. The van der Waals surface area contributed by atoms with E-state index in [0.717, 1.165) is 5.70 Å². The molecule has 1 heterocycles. The molecule has 0 saturated carbocycles. The molecule has 1 aromatic heterocycles. The Hall–Kier alpha value is -0.970. The summed E-state index contributed by atoms with van der Waals surface area (Å²) >= 11 is 1.21. The average Bonchev–Trinajstić information content (AvgIpc) is 2.15. The van der Waals surface area contributed by atoms with E-state index in [-0.39, 0.29) is 0 Å². The Morgan fingerprint density at radius 2 is 2.56 bits per heavy atom. The maximum atomic E-state index is 3.64. The molecule has 0 radical (unpaired) electrons. The average molecular weight is 142 g/mol. The van der Waals surface area contributed by atoms with Crippen molar-refractivity contribution in [1.82, 2.24) is 14.8 Å². The van der Waals surface area contributed by atoms with Gasteiger partial charge in [-0.25, -0.2) is 0 Å². The molecule has 0 atom stereocenters. The number of aromatic nitrogens is 3. The predicted molar refractivity (Wildman–Crippen MR) is 36.1 cm³/mol. The van der Waals surface area contributed by atoms with Gasteiger partial charge in [-0.05, 0) is 12.1 Å². The molecule has 9 heavy (non-hydrogen) atoms. The first-order valence-corrected chi connectivity index (χ1v) is 3.14. The molecule has 0 saturated heterocycles. The third kappa shape index (κ3) is 1.77. The standard InChI is InChI=1S/C4H6N4S/c1-3(2)5-4-6-7-8-9-4/h1H2,2H3,(H,5,6,8). The Labute approximate surface area is 56.8 Å². The number of hydrogen-bond donors (Lipinski definition) is 1. The van der Waals surface area contributed by atoms with E-state index in [9.17, 15) is 0 Å². The fourth-order valence-electron chi connectivity index (χ4n) is 0.364. The summed E-state index contributed by atoms with van der Waals surface area (Å²) < 4.78 is 3.55. The van der Waals surface area contributed by atoms with Crippen LogP contribution in [0.2, 0.25) is 0 Å². The van der Waals surface area contributed by atoms with Gasteiger partial charge in [0.05, 0.1) is 0 Å². The smallest absolute Gasteiger partial charge is 0.229 e. The Morgan fingerprint density at radius 1 is 1.78 bits per heavy atom. The van der Waals surface area contributed by atoms with Crippen molar-refractivity contribution in [1.29, 1.82) is 0 Å². The van der Waals surface area contributed by atoms with Gasteiger partial charge in [0.1, 0.15) is 0 Å². The minimum absolute atomic E-state index is 0.683. The first kappa shape index (κ1) is 6.15. The summed E-state index contributed by atoms with van der Waals surface area (Å²) in [5.41, 5.74) is 0.841. The van der Waals surface area contributed by atoms with Crippen LogP contribution in [0.3, 0.4) is 0 Å². The fraction of sp³-hybridized carbons (Fsp3) is 0.250. The Balaban J connectivity index is 2.58. The third-order valence-corrected chi connectivity index (χ3v) is 1.13. The molecule has 0 aliphatic heterocycles. The molecule has 48 valence electrons. The zero-order valence-corrected chi connectivity index (χ0v) is 5.77. The first-order valence-electron chi connectivity index (χ1n) is 2.36.